The van der Waals surface area contributed by atoms with Crippen LogP contribution in [0.4, 0.5) is 21.8 Å². The highest BCUT2D eigenvalue weighted by molar-refractivity contribution is 6.32. The van der Waals surface area contributed by atoms with Crippen molar-refractivity contribution in [1.29, 1.82) is 5.26 Å². The van der Waals surface area contributed by atoms with E-state index in [0.717, 1.165) is 19.4 Å². The second kappa shape index (κ2) is 8.08. The summed E-state index contributed by atoms with van der Waals surface area (Å²) in [6.07, 6.45) is 4.79. The number of ether oxygens (including phenoxy) is 1. The van der Waals surface area contributed by atoms with Gasteiger partial charge in [-0.3, -0.25) is 4.90 Å². The average molecular weight is 486 g/mol. The molecule has 3 aromatic rings. The number of aromatic nitrogens is 5. The van der Waals surface area contributed by atoms with Crippen molar-refractivity contribution < 1.29 is 9.13 Å². The Morgan fingerprint density at radius 3 is 2.85 bits per heavy atom. The topological polar surface area (TPSA) is 120 Å². The maximum absolute atomic E-state index is 15.1. The smallest absolute Gasteiger partial charge is 0.231 e. The number of nitriles is 1. The molecule has 3 aliphatic rings. The summed E-state index contributed by atoms with van der Waals surface area (Å²) in [6, 6.07) is 2.06. The van der Waals surface area contributed by atoms with Crippen LogP contribution in [0.5, 0.6) is 0 Å². The third-order valence-electron chi connectivity index (χ3n) is 7.04. The molecule has 3 N–H and O–H groups in total. The van der Waals surface area contributed by atoms with Gasteiger partial charge in [0.2, 0.25) is 5.95 Å². The molecule has 3 aromatic heterocycles. The van der Waals surface area contributed by atoms with Crippen LogP contribution in [-0.4, -0.2) is 73.7 Å². The average Bonchev–Trinajstić information content (AvgIpc) is 3.19. The van der Waals surface area contributed by atoms with E-state index in [4.69, 9.17) is 16.3 Å². The first-order chi connectivity index (χ1) is 16.4. The second-order valence-electron chi connectivity index (χ2n) is 9.60. The highest BCUT2D eigenvalue weighted by atomic mass is 35.5. The van der Waals surface area contributed by atoms with Crippen LogP contribution in [-0.2, 0) is 4.74 Å². The molecule has 0 aromatic carbocycles. The zero-order chi connectivity index (χ0) is 23.4. The molecule has 1 saturated carbocycles. The van der Waals surface area contributed by atoms with E-state index >= 15 is 4.39 Å². The number of alkyl halides is 1. The molecule has 1 aliphatic carbocycles. The minimum atomic E-state index is -1.08. The van der Waals surface area contributed by atoms with Gasteiger partial charge < -0.3 is 20.4 Å². The summed E-state index contributed by atoms with van der Waals surface area (Å²) in [6.45, 7) is 4.58. The number of H-pyrrole nitrogens is 1. The molecule has 34 heavy (non-hydrogen) atoms. The summed E-state index contributed by atoms with van der Waals surface area (Å²) in [5, 5.41) is 21.4. The lowest BCUT2D eigenvalue weighted by atomic mass is 10.0. The van der Waals surface area contributed by atoms with Crippen LogP contribution in [0, 0.1) is 11.3 Å². The standard InChI is InChI=1S/C22H25ClFN9O/c1-22(3-4-22)31-20-17-12(6-25)7-26-19(17)29-21(30-20)28-15-8-27-33(18(15)23)16-2-5-32(9-14(16)24)13-10-34-11-13/h7-8,13-14,16H,2-5,9-11H2,1H3,(H3,26,28,29,30,31)/t14-,16-/m0/s1. The minimum Gasteiger partial charge on any atom is -0.378 e. The normalized spacial score (nSPS) is 24.5. The van der Waals surface area contributed by atoms with Crippen LogP contribution in [0.25, 0.3) is 11.0 Å². The predicted molar refractivity (Wildman–Crippen MR) is 125 cm³/mol. The van der Waals surface area contributed by atoms with Crippen molar-refractivity contribution in [3.63, 3.8) is 0 Å². The van der Waals surface area contributed by atoms with Crippen LogP contribution in [0.15, 0.2) is 12.4 Å². The largest absolute Gasteiger partial charge is 0.378 e. The Labute approximate surface area is 200 Å². The number of hydrogen-bond donors (Lipinski definition) is 3. The van der Waals surface area contributed by atoms with Crippen LogP contribution in [0.1, 0.15) is 37.8 Å². The summed E-state index contributed by atoms with van der Waals surface area (Å²) < 4.78 is 21.9. The summed E-state index contributed by atoms with van der Waals surface area (Å²) in [5.74, 6) is 0.897. The van der Waals surface area contributed by atoms with E-state index in [1.807, 2.05) is 0 Å². The van der Waals surface area contributed by atoms with Gasteiger partial charge in [-0.05, 0) is 26.2 Å². The van der Waals surface area contributed by atoms with E-state index < -0.39 is 12.2 Å². The molecule has 3 fully saturated rings. The first-order valence-electron chi connectivity index (χ1n) is 11.5. The highest BCUT2D eigenvalue weighted by Gasteiger charge is 2.39. The summed E-state index contributed by atoms with van der Waals surface area (Å²) in [5.41, 5.74) is 1.48. The van der Waals surface area contributed by atoms with Crippen molar-refractivity contribution in [3.05, 3.63) is 23.1 Å². The summed E-state index contributed by atoms with van der Waals surface area (Å²) in [4.78, 5) is 14.3. The zero-order valence-corrected chi connectivity index (χ0v) is 19.4. The minimum absolute atomic E-state index is 0.0400. The Morgan fingerprint density at radius 2 is 2.18 bits per heavy atom. The van der Waals surface area contributed by atoms with Crippen LogP contribution >= 0.6 is 11.6 Å². The molecule has 5 heterocycles. The van der Waals surface area contributed by atoms with Gasteiger partial charge in [-0.25, -0.2) is 9.07 Å². The van der Waals surface area contributed by atoms with E-state index in [-0.39, 0.29) is 5.54 Å². The number of piperidine rings is 1. The number of halogens is 2. The van der Waals surface area contributed by atoms with Gasteiger partial charge in [-0.2, -0.15) is 20.3 Å². The molecule has 2 atom stereocenters. The summed E-state index contributed by atoms with van der Waals surface area (Å²) >= 11 is 6.63. The lowest BCUT2D eigenvalue weighted by Crippen LogP contribution is -2.55. The molecule has 6 rings (SSSR count). The number of rotatable bonds is 6. The van der Waals surface area contributed by atoms with E-state index in [0.29, 0.717) is 71.4 Å². The maximum atomic E-state index is 15.1. The number of nitrogens with one attached hydrogen (secondary N) is 3. The Morgan fingerprint density at radius 1 is 1.35 bits per heavy atom. The molecule has 0 bridgehead atoms. The van der Waals surface area contributed by atoms with Crippen molar-refractivity contribution in [2.75, 3.05) is 36.9 Å². The molecule has 0 spiro atoms. The third-order valence-corrected chi connectivity index (χ3v) is 7.42. The predicted octanol–water partition coefficient (Wildman–Crippen LogP) is 3.37. The van der Waals surface area contributed by atoms with Gasteiger partial charge in [-0.15, -0.1) is 0 Å². The number of hydrogen-bond acceptors (Lipinski definition) is 8. The monoisotopic (exact) mass is 485 g/mol. The van der Waals surface area contributed by atoms with Gasteiger partial charge in [0.05, 0.1) is 48.1 Å². The van der Waals surface area contributed by atoms with Crippen LogP contribution in [0.2, 0.25) is 5.15 Å². The first kappa shape index (κ1) is 21.6. The quantitative estimate of drug-likeness (QED) is 0.486. The van der Waals surface area contributed by atoms with E-state index in [2.05, 4.69) is 48.6 Å². The Hall–Kier alpha value is -2.94. The summed E-state index contributed by atoms with van der Waals surface area (Å²) in [7, 11) is 0. The molecule has 0 amide bonds. The van der Waals surface area contributed by atoms with E-state index in [9.17, 15) is 5.26 Å². The number of fused-ring (bicyclic) bond motifs is 1. The fourth-order valence-corrected chi connectivity index (χ4v) is 4.87. The van der Waals surface area contributed by atoms with Crippen LogP contribution < -0.4 is 10.6 Å². The Balaban J connectivity index is 1.25. The SMILES string of the molecule is CC1(Nc2nc(Nc3cnn([C@H]4CCN(C5COC5)C[C@@H]4F)c3Cl)nc3[nH]cc(C#N)c23)CC1. The molecule has 0 unspecified atom stereocenters. The van der Waals surface area contributed by atoms with Crippen molar-refractivity contribution in [2.45, 2.75) is 50.0 Å². The van der Waals surface area contributed by atoms with E-state index in [1.54, 1.807) is 17.1 Å². The Kier molecular flexibility index (Phi) is 5.13. The fraction of sp³-hybridized carbons (Fsp3) is 0.545. The van der Waals surface area contributed by atoms with Crippen molar-refractivity contribution in [2.24, 2.45) is 0 Å². The number of aromatic amines is 1. The molecule has 178 valence electrons. The lowest BCUT2D eigenvalue weighted by Gasteiger charge is -2.42. The number of likely N-dealkylation sites (tertiary alicyclic amines) is 1. The Bertz CT molecular complexity index is 1280. The molecule has 0 radical (unpaired) electrons. The highest BCUT2D eigenvalue weighted by Crippen LogP contribution is 2.40. The molecule has 2 saturated heterocycles. The number of anilines is 3. The molecule has 12 heteroatoms. The first-order valence-corrected chi connectivity index (χ1v) is 11.9. The van der Waals surface area contributed by atoms with Gasteiger partial charge in [0.1, 0.15) is 23.7 Å². The van der Waals surface area contributed by atoms with Gasteiger partial charge >= 0.3 is 0 Å². The molecular weight excluding hydrogens is 461 g/mol. The van der Waals surface area contributed by atoms with Gasteiger partial charge in [0, 0.05) is 24.8 Å². The van der Waals surface area contributed by atoms with Crippen molar-refractivity contribution in [1.82, 2.24) is 29.6 Å². The van der Waals surface area contributed by atoms with Gasteiger partial charge in [0.25, 0.3) is 0 Å². The molecule has 2 aliphatic heterocycles. The van der Waals surface area contributed by atoms with Gasteiger partial charge in [0.15, 0.2) is 5.15 Å². The zero-order valence-electron chi connectivity index (χ0n) is 18.7. The van der Waals surface area contributed by atoms with Crippen LogP contribution in [0.3, 0.4) is 0 Å². The fourth-order valence-electron chi connectivity index (χ4n) is 4.61. The lowest BCUT2D eigenvalue weighted by molar-refractivity contribution is -0.0847. The third kappa shape index (κ3) is 3.76. The second-order valence-corrected chi connectivity index (χ2v) is 9.95. The van der Waals surface area contributed by atoms with Gasteiger partial charge in [-0.1, -0.05) is 11.6 Å². The van der Waals surface area contributed by atoms with Crippen molar-refractivity contribution in [3.8, 4) is 6.07 Å². The maximum Gasteiger partial charge on any atom is 0.231 e. The van der Waals surface area contributed by atoms with E-state index in [1.165, 1.54) is 0 Å². The molecule has 10 nitrogen and oxygen atoms in total. The molecular formula is C22H25ClFN9O. The van der Waals surface area contributed by atoms with Crippen molar-refractivity contribution >= 4 is 40.1 Å². The number of nitrogens with zero attached hydrogens (tertiary/aromatic N) is 6.